The fourth-order valence-corrected chi connectivity index (χ4v) is 1.29. The monoisotopic (exact) mass is 220 g/mol. The predicted octanol–water partition coefficient (Wildman–Crippen LogP) is -0.611. The molecular formula is C8H12O7. The molecule has 0 aromatic rings. The second kappa shape index (κ2) is 5.30. The third kappa shape index (κ3) is 3.94. The van der Waals surface area contributed by atoms with E-state index in [4.69, 9.17) is 20.4 Å². The van der Waals surface area contributed by atoms with Crippen molar-refractivity contribution in [1.82, 2.24) is 0 Å². The standard InChI is InChI=1S/C8H12O7/c9-2-1-8(7(14)15,3-5(10)11)4-6(12)13/h9H,1-4H2,(H,10,11)(H,12,13)(H,14,15). The number of rotatable bonds is 7. The lowest BCUT2D eigenvalue weighted by atomic mass is 9.78. The van der Waals surface area contributed by atoms with Crippen molar-refractivity contribution in [2.75, 3.05) is 6.61 Å². The Labute approximate surface area is 85.0 Å². The molecule has 0 unspecified atom stereocenters. The summed E-state index contributed by atoms with van der Waals surface area (Å²) in [6.45, 7) is -0.577. The highest BCUT2D eigenvalue weighted by atomic mass is 16.4. The van der Waals surface area contributed by atoms with E-state index in [1.165, 1.54) is 0 Å². The summed E-state index contributed by atoms with van der Waals surface area (Å²) in [6.07, 6.45) is -2.05. The predicted molar refractivity (Wildman–Crippen MR) is 46.3 cm³/mol. The van der Waals surface area contributed by atoms with Gasteiger partial charge in [-0.2, -0.15) is 0 Å². The van der Waals surface area contributed by atoms with Gasteiger partial charge >= 0.3 is 17.9 Å². The summed E-state index contributed by atoms with van der Waals surface area (Å²) >= 11 is 0. The summed E-state index contributed by atoms with van der Waals surface area (Å²) in [7, 11) is 0. The van der Waals surface area contributed by atoms with Crippen molar-refractivity contribution in [2.24, 2.45) is 5.41 Å². The molecule has 0 saturated heterocycles. The number of carboxylic acids is 3. The highest BCUT2D eigenvalue weighted by Gasteiger charge is 2.42. The van der Waals surface area contributed by atoms with E-state index in [9.17, 15) is 14.4 Å². The number of hydrogen-bond donors (Lipinski definition) is 4. The Morgan fingerprint density at radius 1 is 0.933 bits per heavy atom. The lowest BCUT2D eigenvalue weighted by Crippen LogP contribution is -2.36. The van der Waals surface area contributed by atoms with E-state index in [0.29, 0.717) is 0 Å². The highest BCUT2D eigenvalue weighted by Crippen LogP contribution is 2.31. The van der Waals surface area contributed by atoms with Crippen LogP contribution in [0.2, 0.25) is 0 Å². The first-order valence-electron chi connectivity index (χ1n) is 4.12. The number of aliphatic hydroxyl groups is 1. The molecule has 7 nitrogen and oxygen atoms in total. The zero-order valence-corrected chi connectivity index (χ0v) is 7.84. The third-order valence-corrected chi connectivity index (χ3v) is 2.02. The van der Waals surface area contributed by atoms with Crippen molar-refractivity contribution in [1.29, 1.82) is 0 Å². The van der Waals surface area contributed by atoms with Gasteiger partial charge in [-0.1, -0.05) is 0 Å². The third-order valence-electron chi connectivity index (χ3n) is 2.02. The Balaban J connectivity index is 4.96. The molecule has 86 valence electrons. The van der Waals surface area contributed by atoms with E-state index >= 15 is 0 Å². The van der Waals surface area contributed by atoms with Crippen molar-refractivity contribution < 1.29 is 34.8 Å². The van der Waals surface area contributed by atoms with Gasteiger partial charge in [-0.05, 0) is 6.42 Å². The quantitative estimate of drug-likeness (QED) is 0.449. The molecule has 0 aliphatic heterocycles. The molecule has 0 amide bonds. The number of aliphatic carboxylic acids is 3. The van der Waals surface area contributed by atoms with Crippen LogP contribution >= 0.6 is 0 Å². The largest absolute Gasteiger partial charge is 0.481 e. The minimum absolute atomic E-state index is 0.402. The number of carbonyl (C=O) groups is 3. The van der Waals surface area contributed by atoms with Crippen LogP contribution in [0.25, 0.3) is 0 Å². The van der Waals surface area contributed by atoms with Crippen molar-refractivity contribution in [3.8, 4) is 0 Å². The van der Waals surface area contributed by atoms with Gasteiger partial charge in [0, 0.05) is 6.61 Å². The first-order chi connectivity index (χ1) is 6.84. The Bertz CT molecular complexity index is 254. The molecular weight excluding hydrogens is 208 g/mol. The molecule has 0 rings (SSSR count). The van der Waals surface area contributed by atoms with Gasteiger partial charge in [-0.15, -0.1) is 0 Å². The minimum atomic E-state index is -1.94. The zero-order valence-electron chi connectivity index (χ0n) is 7.84. The summed E-state index contributed by atoms with van der Waals surface area (Å²) < 4.78 is 0. The van der Waals surface area contributed by atoms with Crippen molar-refractivity contribution in [2.45, 2.75) is 19.3 Å². The average Bonchev–Trinajstić information content (AvgIpc) is 2.01. The van der Waals surface area contributed by atoms with Crippen LogP contribution in [0.15, 0.2) is 0 Å². The summed E-state index contributed by atoms with van der Waals surface area (Å²) in [4.78, 5) is 31.7. The molecule has 0 aliphatic rings. The van der Waals surface area contributed by atoms with Crippen LogP contribution in [0.5, 0.6) is 0 Å². The molecule has 0 aromatic heterocycles. The first-order valence-corrected chi connectivity index (χ1v) is 4.12. The number of carboxylic acid groups (broad SMARTS) is 3. The highest BCUT2D eigenvalue weighted by molar-refractivity contribution is 5.85. The molecule has 0 aromatic carbocycles. The Morgan fingerprint density at radius 2 is 1.33 bits per heavy atom. The molecule has 0 aliphatic carbocycles. The lowest BCUT2D eigenvalue weighted by Gasteiger charge is -2.24. The smallest absolute Gasteiger partial charge is 0.310 e. The van der Waals surface area contributed by atoms with Crippen LogP contribution in [0.4, 0.5) is 0 Å². The molecule has 0 bridgehead atoms. The normalized spacial score (nSPS) is 11.0. The van der Waals surface area contributed by atoms with Crippen molar-refractivity contribution in [3.05, 3.63) is 0 Å². The zero-order chi connectivity index (χ0) is 12.1. The van der Waals surface area contributed by atoms with E-state index in [1.807, 2.05) is 0 Å². The van der Waals surface area contributed by atoms with Gasteiger partial charge in [-0.3, -0.25) is 14.4 Å². The fourth-order valence-electron chi connectivity index (χ4n) is 1.29. The van der Waals surface area contributed by atoms with Gasteiger partial charge in [0.25, 0.3) is 0 Å². The minimum Gasteiger partial charge on any atom is -0.481 e. The van der Waals surface area contributed by atoms with Gasteiger partial charge in [0.2, 0.25) is 0 Å². The summed E-state index contributed by atoms with van der Waals surface area (Å²) in [5, 5.41) is 34.4. The van der Waals surface area contributed by atoms with Gasteiger partial charge in [0.15, 0.2) is 0 Å². The molecule has 0 heterocycles. The molecule has 0 atom stereocenters. The van der Waals surface area contributed by atoms with E-state index in [-0.39, 0.29) is 0 Å². The van der Waals surface area contributed by atoms with E-state index < -0.39 is 49.2 Å². The van der Waals surface area contributed by atoms with Gasteiger partial charge in [0.05, 0.1) is 18.3 Å². The van der Waals surface area contributed by atoms with Crippen LogP contribution in [0.1, 0.15) is 19.3 Å². The van der Waals surface area contributed by atoms with Gasteiger partial charge in [0.1, 0.15) is 0 Å². The van der Waals surface area contributed by atoms with E-state index in [2.05, 4.69) is 0 Å². The van der Waals surface area contributed by atoms with E-state index in [0.717, 1.165) is 0 Å². The Kier molecular flexibility index (Phi) is 4.72. The second-order valence-electron chi connectivity index (χ2n) is 3.20. The van der Waals surface area contributed by atoms with Crippen LogP contribution in [0.3, 0.4) is 0 Å². The lowest BCUT2D eigenvalue weighted by molar-refractivity contribution is -0.161. The Hall–Kier alpha value is -1.63. The van der Waals surface area contributed by atoms with Crippen LogP contribution in [-0.4, -0.2) is 44.9 Å². The fraction of sp³-hybridized carbons (Fsp3) is 0.625. The maximum absolute atomic E-state index is 10.8. The molecule has 7 heteroatoms. The van der Waals surface area contributed by atoms with Crippen LogP contribution in [-0.2, 0) is 14.4 Å². The number of aliphatic hydroxyl groups excluding tert-OH is 1. The van der Waals surface area contributed by atoms with Crippen LogP contribution in [0, 0.1) is 5.41 Å². The van der Waals surface area contributed by atoms with Crippen molar-refractivity contribution >= 4 is 17.9 Å². The molecule has 0 saturated carbocycles. The Morgan fingerprint density at radius 3 is 1.53 bits per heavy atom. The summed E-state index contributed by atoms with van der Waals surface area (Å²) in [5.41, 5.74) is -1.94. The van der Waals surface area contributed by atoms with Crippen molar-refractivity contribution in [3.63, 3.8) is 0 Å². The maximum Gasteiger partial charge on any atom is 0.310 e. The topological polar surface area (TPSA) is 132 Å². The first kappa shape index (κ1) is 13.4. The number of hydrogen-bond acceptors (Lipinski definition) is 4. The molecule has 0 radical (unpaired) electrons. The summed E-state index contributed by atoms with van der Waals surface area (Å²) in [5.74, 6) is -4.35. The molecule has 15 heavy (non-hydrogen) atoms. The molecule has 0 spiro atoms. The average molecular weight is 220 g/mol. The van der Waals surface area contributed by atoms with E-state index in [1.54, 1.807) is 0 Å². The van der Waals surface area contributed by atoms with Crippen LogP contribution < -0.4 is 0 Å². The second-order valence-corrected chi connectivity index (χ2v) is 3.20. The summed E-state index contributed by atoms with van der Waals surface area (Å²) in [6, 6.07) is 0. The van der Waals surface area contributed by atoms with Gasteiger partial charge in [-0.25, -0.2) is 0 Å². The maximum atomic E-state index is 10.8. The molecule has 4 N–H and O–H groups in total. The van der Waals surface area contributed by atoms with Gasteiger partial charge < -0.3 is 20.4 Å². The SMILES string of the molecule is O=C(O)CC(CCO)(CC(=O)O)C(=O)O. The molecule has 0 fully saturated rings.